The molecule has 0 aliphatic rings. The van der Waals surface area contributed by atoms with E-state index in [1.807, 2.05) is 45.9 Å². The number of hydrogen-bond acceptors (Lipinski definition) is 4. The van der Waals surface area contributed by atoms with Gasteiger partial charge in [0, 0.05) is 5.56 Å². The van der Waals surface area contributed by atoms with E-state index in [-0.39, 0.29) is 0 Å². The second kappa shape index (κ2) is 3.96. The molecule has 0 unspecified atom stereocenters. The average molecular weight is 231 g/mol. The molecule has 17 heavy (non-hydrogen) atoms. The fraction of sp³-hybridized carbons (Fsp3) is 0.385. The largest absolute Gasteiger partial charge is 0.334 e. The highest BCUT2D eigenvalue weighted by Crippen LogP contribution is 2.26. The van der Waals surface area contributed by atoms with Crippen LogP contribution in [0.2, 0.25) is 0 Å². The van der Waals surface area contributed by atoms with Gasteiger partial charge in [-0.05, 0) is 38.8 Å². The van der Waals surface area contributed by atoms with Gasteiger partial charge >= 0.3 is 0 Å². The quantitative estimate of drug-likeness (QED) is 0.862. The van der Waals surface area contributed by atoms with E-state index in [2.05, 4.69) is 10.1 Å². The van der Waals surface area contributed by atoms with Gasteiger partial charge in [-0.3, -0.25) is 0 Å². The van der Waals surface area contributed by atoms with Gasteiger partial charge in [-0.2, -0.15) is 4.98 Å². The summed E-state index contributed by atoms with van der Waals surface area (Å²) in [7, 11) is 0. The van der Waals surface area contributed by atoms with Gasteiger partial charge in [0.2, 0.25) is 0 Å². The first kappa shape index (κ1) is 11.8. The van der Waals surface area contributed by atoms with Crippen molar-refractivity contribution in [1.82, 2.24) is 10.1 Å². The first-order valence-corrected chi connectivity index (χ1v) is 5.59. The molecule has 0 saturated heterocycles. The van der Waals surface area contributed by atoms with Crippen molar-refractivity contribution < 1.29 is 4.52 Å². The summed E-state index contributed by atoms with van der Waals surface area (Å²) >= 11 is 0. The summed E-state index contributed by atoms with van der Waals surface area (Å²) in [6.45, 7) is 7.76. The molecule has 2 N–H and O–H groups in total. The molecule has 0 aliphatic heterocycles. The minimum absolute atomic E-state index is 0.523. The fourth-order valence-corrected chi connectivity index (χ4v) is 1.74. The SMILES string of the molecule is Cc1cccc(C)c1-c1nc(C(C)(C)N)no1. The molecule has 0 radical (unpaired) electrons. The smallest absolute Gasteiger partial charge is 0.258 e. The van der Waals surface area contributed by atoms with E-state index in [9.17, 15) is 0 Å². The zero-order chi connectivity index (χ0) is 12.6. The van der Waals surface area contributed by atoms with Gasteiger partial charge in [0.05, 0.1) is 5.54 Å². The fourth-order valence-electron chi connectivity index (χ4n) is 1.74. The molecule has 0 fully saturated rings. The minimum Gasteiger partial charge on any atom is -0.334 e. The zero-order valence-corrected chi connectivity index (χ0v) is 10.6. The van der Waals surface area contributed by atoms with Gasteiger partial charge in [-0.1, -0.05) is 23.4 Å². The van der Waals surface area contributed by atoms with Crippen molar-refractivity contribution in [2.24, 2.45) is 5.73 Å². The second-order valence-corrected chi connectivity index (χ2v) is 4.91. The molecule has 0 atom stereocenters. The van der Waals surface area contributed by atoms with Crippen LogP contribution >= 0.6 is 0 Å². The Labute approximate surface area is 101 Å². The van der Waals surface area contributed by atoms with E-state index in [1.54, 1.807) is 0 Å². The number of hydrogen-bond donors (Lipinski definition) is 1. The molecule has 0 saturated carbocycles. The van der Waals surface area contributed by atoms with Crippen LogP contribution in [-0.4, -0.2) is 10.1 Å². The lowest BCUT2D eigenvalue weighted by Crippen LogP contribution is -2.30. The minimum atomic E-state index is -0.585. The van der Waals surface area contributed by atoms with Crippen molar-refractivity contribution in [3.05, 3.63) is 35.2 Å². The Morgan fingerprint density at radius 1 is 1.18 bits per heavy atom. The lowest BCUT2D eigenvalue weighted by Gasteiger charge is -2.11. The Morgan fingerprint density at radius 2 is 1.76 bits per heavy atom. The summed E-state index contributed by atoms with van der Waals surface area (Å²) in [4.78, 5) is 4.37. The molecule has 1 heterocycles. The maximum atomic E-state index is 5.94. The molecule has 0 amide bonds. The third-order valence-corrected chi connectivity index (χ3v) is 2.70. The monoisotopic (exact) mass is 231 g/mol. The molecule has 90 valence electrons. The first-order valence-electron chi connectivity index (χ1n) is 5.59. The molecule has 0 bridgehead atoms. The van der Waals surface area contributed by atoms with E-state index in [0.717, 1.165) is 16.7 Å². The molecule has 0 spiro atoms. The van der Waals surface area contributed by atoms with E-state index in [0.29, 0.717) is 11.7 Å². The predicted molar refractivity (Wildman–Crippen MR) is 66.4 cm³/mol. The number of aromatic nitrogens is 2. The van der Waals surface area contributed by atoms with Crippen LogP contribution in [0.1, 0.15) is 30.8 Å². The van der Waals surface area contributed by atoms with Crippen molar-refractivity contribution in [2.45, 2.75) is 33.2 Å². The highest BCUT2D eigenvalue weighted by molar-refractivity contribution is 5.62. The predicted octanol–water partition coefficient (Wildman–Crippen LogP) is 2.55. The first-order chi connectivity index (χ1) is 7.89. The van der Waals surface area contributed by atoms with Crippen LogP contribution in [0.5, 0.6) is 0 Å². The van der Waals surface area contributed by atoms with Gasteiger partial charge in [0.15, 0.2) is 5.82 Å². The zero-order valence-electron chi connectivity index (χ0n) is 10.6. The van der Waals surface area contributed by atoms with Crippen molar-refractivity contribution in [3.63, 3.8) is 0 Å². The van der Waals surface area contributed by atoms with Gasteiger partial charge in [-0.15, -0.1) is 0 Å². The summed E-state index contributed by atoms with van der Waals surface area (Å²) in [5, 5.41) is 3.93. The lowest BCUT2D eigenvalue weighted by molar-refractivity contribution is 0.397. The molecule has 1 aromatic carbocycles. The third kappa shape index (κ3) is 2.22. The van der Waals surface area contributed by atoms with Crippen molar-refractivity contribution in [2.75, 3.05) is 0 Å². The standard InChI is InChI=1S/C13H17N3O/c1-8-6-5-7-9(2)10(8)11-15-12(16-17-11)13(3,4)14/h5-7H,14H2,1-4H3. The van der Waals surface area contributed by atoms with Crippen molar-refractivity contribution in [3.8, 4) is 11.5 Å². The number of aryl methyl sites for hydroxylation is 2. The third-order valence-electron chi connectivity index (χ3n) is 2.70. The molecular weight excluding hydrogens is 214 g/mol. The number of benzene rings is 1. The van der Waals surface area contributed by atoms with Crippen LogP contribution in [-0.2, 0) is 5.54 Å². The molecule has 4 nitrogen and oxygen atoms in total. The van der Waals surface area contributed by atoms with E-state index >= 15 is 0 Å². The number of rotatable bonds is 2. The highest BCUT2D eigenvalue weighted by Gasteiger charge is 2.23. The van der Waals surface area contributed by atoms with Crippen LogP contribution in [0.25, 0.3) is 11.5 Å². The van der Waals surface area contributed by atoms with E-state index < -0.39 is 5.54 Å². The second-order valence-electron chi connectivity index (χ2n) is 4.91. The Kier molecular flexibility index (Phi) is 2.75. The van der Waals surface area contributed by atoms with Crippen LogP contribution < -0.4 is 5.73 Å². The molecular formula is C13H17N3O. The molecule has 2 aromatic rings. The Hall–Kier alpha value is -1.68. The highest BCUT2D eigenvalue weighted by atomic mass is 16.5. The molecule has 1 aromatic heterocycles. The summed E-state index contributed by atoms with van der Waals surface area (Å²) in [6, 6.07) is 6.07. The summed E-state index contributed by atoms with van der Waals surface area (Å²) in [5.41, 5.74) is 8.59. The van der Waals surface area contributed by atoms with Gasteiger partial charge in [0.25, 0.3) is 5.89 Å². The number of nitrogens with two attached hydrogens (primary N) is 1. The van der Waals surface area contributed by atoms with Crippen molar-refractivity contribution in [1.29, 1.82) is 0 Å². The van der Waals surface area contributed by atoms with Crippen molar-refractivity contribution >= 4 is 0 Å². The Morgan fingerprint density at radius 3 is 2.24 bits per heavy atom. The molecule has 0 aliphatic carbocycles. The summed E-state index contributed by atoms with van der Waals surface area (Å²) in [6.07, 6.45) is 0. The molecule has 4 heteroatoms. The maximum absolute atomic E-state index is 5.94. The van der Waals surface area contributed by atoms with Crippen LogP contribution in [0.3, 0.4) is 0 Å². The summed E-state index contributed by atoms with van der Waals surface area (Å²) < 4.78 is 5.30. The van der Waals surface area contributed by atoms with Gasteiger partial charge < -0.3 is 10.3 Å². The normalized spacial score (nSPS) is 11.8. The van der Waals surface area contributed by atoms with Crippen LogP contribution in [0.4, 0.5) is 0 Å². The van der Waals surface area contributed by atoms with Gasteiger partial charge in [-0.25, -0.2) is 0 Å². The average Bonchev–Trinajstić information content (AvgIpc) is 2.65. The van der Waals surface area contributed by atoms with Crippen LogP contribution in [0.15, 0.2) is 22.7 Å². The number of nitrogens with zero attached hydrogens (tertiary/aromatic N) is 2. The maximum Gasteiger partial charge on any atom is 0.258 e. The van der Waals surface area contributed by atoms with Crippen LogP contribution in [0, 0.1) is 13.8 Å². The van der Waals surface area contributed by atoms with E-state index in [4.69, 9.17) is 10.3 Å². The van der Waals surface area contributed by atoms with Gasteiger partial charge in [0.1, 0.15) is 0 Å². The Balaban J connectivity index is 2.51. The summed E-state index contributed by atoms with van der Waals surface area (Å²) in [5.74, 6) is 1.06. The lowest BCUT2D eigenvalue weighted by atomic mass is 10.0. The van der Waals surface area contributed by atoms with E-state index in [1.165, 1.54) is 0 Å². The topological polar surface area (TPSA) is 64.9 Å². The Bertz CT molecular complexity index is 518. The molecule has 2 rings (SSSR count).